The molecule has 0 fully saturated rings. The van der Waals surface area contributed by atoms with Gasteiger partial charge in [-0.1, -0.05) is 13.8 Å². The molecule has 1 aromatic rings. The van der Waals surface area contributed by atoms with Crippen molar-refractivity contribution in [3.8, 4) is 0 Å². The lowest BCUT2D eigenvalue weighted by atomic mass is 10.2. The maximum absolute atomic E-state index is 11.9. The van der Waals surface area contributed by atoms with Gasteiger partial charge < -0.3 is 15.3 Å². The van der Waals surface area contributed by atoms with E-state index in [2.05, 4.69) is 17.2 Å². The summed E-state index contributed by atoms with van der Waals surface area (Å²) in [6.07, 6.45) is 1.72. The average Bonchev–Trinajstić information content (AvgIpc) is 2.45. The maximum atomic E-state index is 11.9. The third-order valence-electron chi connectivity index (χ3n) is 2.85. The van der Waals surface area contributed by atoms with Crippen LogP contribution in [0.4, 0.5) is 4.79 Å². The van der Waals surface area contributed by atoms with E-state index in [9.17, 15) is 9.59 Å². The smallest absolute Gasteiger partial charge is 0.317 e. The van der Waals surface area contributed by atoms with Crippen molar-refractivity contribution >= 4 is 23.8 Å². The number of aliphatic carboxylic acids is 1. The van der Waals surface area contributed by atoms with E-state index in [1.54, 1.807) is 31.9 Å². The van der Waals surface area contributed by atoms with E-state index in [4.69, 9.17) is 5.11 Å². The normalized spacial score (nSPS) is 11.8. The highest BCUT2D eigenvalue weighted by molar-refractivity contribution is 7.99. The van der Waals surface area contributed by atoms with Crippen molar-refractivity contribution in [3.63, 3.8) is 0 Å². The van der Waals surface area contributed by atoms with E-state index in [0.717, 1.165) is 16.3 Å². The highest BCUT2D eigenvalue weighted by Gasteiger charge is 2.17. The summed E-state index contributed by atoms with van der Waals surface area (Å²) < 4.78 is 0. The van der Waals surface area contributed by atoms with Crippen LogP contribution in [0.5, 0.6) is 0 Å². The summed E-state index contributed by atoms with van der Waals surface area (Å²) in [4.78, 5) is 28.3. The van der Waals surface area contributed by atoms with Crippen LogP contribution in [-0.2, 0) is 11.3 Å². The number of hydrogen-bond acceptors (Lipinski definition) is 4. The van der Waals surface area contributed by atoms with Crippen LogP contribution in [0.1, 0.15) is 19.4 Å². The van der Waals surface area contributed by atoms with Crippen LogP contribution < -0.4 is 5.32 Å². The fourth-order valence-corrected chi connectivity index (χ4v) is 2.34. The molecule has 2 N–H and O–H groups in total. The highest BCUT2D eigenvalue weighted by Crippen LogP contribution is 2.15. The predicted molar refractivity (Wildman–Crippen MR) is 82.3 cm³/mol. The van der Waals surface area contributed by atoms with Crippen molar-refractivity contribution in [1.29, 1.82) is 0 Å². The largest absolute Gasteiger partial charge is 0.481 e. The molecule has 1 heterocycles. The quantitative estimate of drug-likeness (QED) is 0.753. The SMILES string of the molecule is CCSc1cc(CNC(=O)N(C)CC(C)C(=O)O)ccn1. The molecule has 116 valence electrons. The Hall–Kier alpha value is -1.76. The molecule has 0 saturated heterocycles. The lowest BCUT2D eigenvalue weighted by Crippen LogP contribution is -2.40. The van der Waals surface area contributed by atoms with Crippen LogP contribution in [0.3, 0.4) is 0 Å². The Bertz CT molecular complexity index is 496. The summed E-state index contributed by atoms with van der Waals surface area (Å²) in [7, 11) is 1.58. The number of aromatic nitrogens is 1. The molecule has 0 spiro atoms. The number of carbonyl (C=O) groups excluding carboxylic acids is 1. The number of pyridine rings is 1. The fraction of sp³-hybridized carbons (Fsp3) is 0.500. The number of hydrogen-bond donors (Lipinski definition) is 2. The number of nitrogens with zero attached hydrogens (tertiary/aromatic N) is 2. The van der Waals surface area contributed by atoms with Crippen LogP contribution in [0.15, 0.2) is 23.4 Å². The molecular formula is C14H21N3O3S. The van der Waals surface area contributed by atoms with Gasteiger partial charge >= 0.3 is 12.0 Å². The number of carboxylic acid groups (broad SMARTS) is 1. The van der Waals surface area contributed by atoms with E-state index >= 15 is 0 Å². The molecule has 0 radical (unpaired) electrons. The summed E-state index contributed by atoms with van der Waals surface area (Å²) in [6.45, 7) is 4.20. The lowest BCUT2D eigenvalue weighted by Gasteiger charge is -2.20. The van der Waals surface area contributed by atoms with E-state index in [1.807, 2.05) is 12.1 Å². The number of amides is 2. The van der Waals surface area contributed by atoms with Gasteiger partial charge in [-0.25, -0.2) is 9.78 Å². The summed E-state index contributed by atoms with van der Waals surface area (Å²) in [5.41, 5.74) is 0.967. The molecule has 1 unspecified atom stereocenters. The van der Waals surface area contributed by atoms with Crippen molar-refractivity contribution in [1.82, 2.24) is 15.2 Å². The van der Waals surface area contributed by atoms with E-state index in [0.29, 0.717) is 6.54 Å². The lowest BCUT2D eigenvalue weighted by molar-refractivity contribution is -0.141. The molecule has 0 aliphatic rings. The van der Waals surface area contributed by atoms with E-state index in [1.165, 1.54) is 4.90 Å². The molecule has 0 aliphatic heterocycles. The van der Waals surface area contributed by atoms with E-state index < -0.39 is 11.9 Å². The topological polar surface area (TPSA) is 82.5 Å². The van der Waals surface area contributed by atoms with Gasteiger partial charge in [-0.2, -0.15) is 0 Å². The third kappa shape index (κ3) is 6.03. The average molecular weight is 311 g/mol. The zero-order chi connectivity index (χ0) is 15.8. The molecule has 1 aromatic heterocycles. The summed E-state index contributed by atoms with van der Waals surface area (Å²) in [5, 5.41) is 12.5. The first-order valence-electron chi connectivity index (χ1n) is 6.73. The number of urea groups is 1. The predicted octanol–water partition coefficient (Wildman–Crippen LogP) is 2.06. The van der Waals surface area contributed by atoms with Crippen LogP contribution in [0, 0.1) is 5.92 Å². The Morgan fingerprint density at radius 1 is 1.52 bits per heavy atom. The van der Waals surface area contributed by atoms with Crippen molar-refractivity contribution in [2.75, 3.05) is 19.3 Å². The second kappa shape index (κ2) is 8.51. The Labute approximate surface area is 128 Å². The number of carbonyl (C=O) groups is 2. The standard InChI is InChI=1S/C14H21N3O3S/c1-4-21-12-7-11(5-6-15-12)8-16-14(20)17(3)9-10(2)13(18)19/h5-7,10H,4,8-9H2,1-3H3,(H,16,20)(H,18,19). The first kappa shape index (κ1) is 17.3. The number of thioether (sulfide) groups is 1. The summed E-state index contributed by atoms with van der Waals surface area (Å²) in [6, 6.07) is 3.50. The van der Waals surface area contributed by atoms with Gasteiger partial charge in [0, 0.05) is 26.3 Å². The van der Waals surface area contributed by atoms with Gasteiger partial charge in [0.05, 0.1) is 10.9 Å². The first-order valence-corrected chi connectivity index (χ1v) is 7.72. The zero-order valence-corrected chi connectivity index (χ0v) is 13.3. The van der Waals surface area contributed by atoms with E-state index in [-0.39, 0.29) is 12.6 Å². The van der Waals surface area contributed by atoms with Crippen LogP contribution in [0.25, 0.3) is 0 Å². The van der Waals surface area contributed by atoms with Gasteiger partial charge in [0.15, 0.2) is 0 Å². The van der Waals surface area contributed by atoms with Crippen molar-refractivity contribution in [2.24, 2.45) is 5.92 Å². The minimum absolute atomic E-state index is 0.175. The second-order valence-electron chi connectivity index (χ2n) is 4.71. The highest BCUT2D eigenvalue weighted by atomic mass is 32.2. The molecule has 1 atom stereocenters. The monoisotopic (exact) mass is 311 g/mol. The van der Waals surface area contributed by atoms with Crippen LogP contribution in [0.2, 0.25) is 0 Å². The van der Waals surface area contributed by atoms with Gasteiger partial charge in [0.25, 0.3) is 0 Å². The van der Waals surface area contributed by atoms with Gasteiger partial charge in [-0.05, 0) is 23.4 Å². The minimum atomic E-state index is -0.912. The molecule has 2 amide bonds. The molecule has 0 aromatic carbocycles. The van der Waals surface area contributed by atoms with Crippen LogP contribution >= 0.6 is 11.8 Å². The Morgan fingerprint density at radius 3 is 2.86 bits per heavy atom. The number of rotatable bonds is 7. The van der Waals surface area contributed by atoms with Gasteiger partial charge in [-0.15, -0.1) is 11.8 Å². The number of nitrogens with one attached hydrogen (secondary N) is 1. The third-order valence-corrected chi connectivity index (χ3v) is 3.66. The van der Waals surface area contributed by atoms with Crippen molar-refractivity contribution < 1.29 is 14.7 Å². The first-order chi connectivity index (χ1) is 9.93. The molecule has 0 aliphatic carbocycles. The maximum Gasteiger partial charge on any atom is 0.317 e. The Balaban J connectivity index is 2.48. The molecule has 6 nitrogen and oxygen atoms in total. The van der Waals surface area contributed by atoms with Crippen molar-refractivity contribution in [3.05, 3.63) is 23.9 Å². The number of carboxylic acids is 1. The van der Waals surface area contributed by atoms with Crippen LogP contribution in [-0.4, -0.2) is 46.3 Å². The molecule has 21 heavy (non-hydrogen) atoms. The summed E-state index contributed by atoms with van der Waals surface area (Å²) in [5.74, 6) is -0.558. The molecule has 1 rings (SSSR count). The minimum Gasteiger partial charge on any atom is -0.481 e. The zero-order valence-electron chi connectivity index (χ0n) is 12.5. The Kier molecular flexibility index (Phi) is 7.01. The molecular weight excluding hydrogens is 290 g/mol. The second-order valence-corrected chi connectivity index (χ2v) is 6.00. The molecule has 0 saturated carbocycles. The van der Waals surface area contributed by atoms with Gasteiger partial charge in [-0.3, -0.25) is 4.79 Å². The summed E-state index contributed by atoms with van der Waals surface area (Å²) >= 11 is 1.64. The fourth-order valence-electron chi connectivity index (χ4n) is 1.67. The molecule has 0 bridgehead atoms. The Morgan fingerprint density at radius 2 is 2.24 bits per heavy atom. The van der Waals surface area contributed by atoms with Gasteiger partial charge in [0.2, 0.25) is 0 Å². The van der Waals surface area contributed by atoms with Crippen molar-refractivity contribution in [2.45, 2.75) is 25.4 Å². The van der Waals surface area contributed by atoms with Gasteiger partial charge in [0.1, 0.15) is 0 Å². The molecule has 7 heteroatoms.